The first-order chi connectivity index (χ1) is 11.9. The van der Waals surface area contributed by atoms with Gasteiger partial charge in [0.15, 0.2) is 0 Å². The molecule has 136 valence electrons. The zero-order chi connectivity index (χ0) is 18.4. The van der Waals surface area contributed by atoms with Crippen LogP contribution in [0.4, 0.5) is 0 Å². The molecular formula is C18H24N2O5. The lowest BCUT2D eigenvalue weighted by Gasteiger charge is -2.23. The minimum absolute atomic E-state index is 0.0524. The summed E-state index contributed by atoms with van der Waals surface area (Å²) in [4.78, 5) is 38.7. The maximum Gasteiger partial charge on any atom is 0.305 e. The lowest BCUT2D eigenvalue weighted by atomic mass is 10.1. The van der Waals surface area contributed by atoms with Gasteiger partial charge in [-0.15, -0.1) is 0 Å². The molecule has 2 amide bonds. The van der Waals surface area contributed by atoms with Gasteiger partial charge in [0.2, 0.25) is 11.8 Å². The van der Waals surface area contributed by atoms with Gasteiger partial charge in [-0.1, -0.05) is 12.1 Å². The molecule has 1 atom stereocenters. The molecule has 0 spiro atoms. The standard InChI is InChI=1S/C18H24N2O5/c1-3-19(9-8-17(22)23)18(24)14-10-16(21)20(12-14)11-13-4-6-15(25-2)7-5-13/h4-7,14H,3,8-12H2,1-2H3,(H,22,23). The minimum Gasteiger partial charge on any atom is -0.497 e. The fourth-order valence-electron chi connectivity index (χ4n) is 2.95. The van der Waals surface area contributed by atoms with Crippen molar-refractivity contribution in [2.75, 3.05) is 26.7 Å². The molecule has 1 saturated heterocycles. The zero-order valence-corrected chi connectivity index (χ0v) is 14.6. The highest BCUT2D eigenvalue weighted by molar-refractivity contribution is 5.89. The van der Waals surface area contributed by atoms with Crippen LogP contribution in [0.15, 0.2) is 24.3 Å². The number of likely N-dealkylation sites (tertiary alicyclic amines) is 1. The highest BCUT2D eigenvalue weighted by Gasteiger charge is 2.36. The Kier molecular flexibility index (Phi) is 6.38. The number of carboxylic acid groups (broad SMARTS) is 1. The fourth-order valence-corrected chi connectivity index (χ4v) is 2.95. The third kappa shape index (κ3) is 4.95. The highest BCUT2D eigenvalue weighted by atomic mass is 16.5. The van der Waals surface area contributed by atoms with Crippen LogP contribution in [0.3, 0.4) is 0 Å². The smallest absolute Gasteiger partial charge is 0.305 e. The van der Waals surface area contributed by atoms with E-state index >= 15 is 0 Å². The molecule has 7 nitrogen and oxygen atoms in total. The summed E-state index contributed by atoms with van der Waals surface area (Å²) in [5.74, 6) is -0.784. The van der Waals surface area contributed by atoms with Crippen LogP contribution in [0.5, 0.6) is 5.75 Å². The minimum atomic E-state index is -0.935. The van der Waals surface area contributed by atoms with Crippen molar-refractivity contribution in [2.45, 2.75) is 26.3 Å². The van der Waals surface area contributed by atoms with Crippen LogP contribution in [0, 0.1) is 5.92 Å². The summed E-state index contributed by atoms with van der Waals surface area (Å²) in [7, 11) is 1.60. The van der Waals surface area contributed by atoms with Gasteiger partial charge in [-0.2, -0.15) is 0 Å². The van der Waals surface area contributed by atoms with Crippen molar-refractivity contribution in [3.8, 4) is 5.75 Å². The molecule has 1 fully saturated rings. The summed E-state index contributed by atoms with van der Waals surface area (Å²) < 4.78 is 5.11. The third-order valence-corrected chi connectivity index (χ3v) is 4.39. The zero-order valence-electron chi connectivity index (χ0n) is 14.6. The highest BCUT2D eigenvalue weighted by Crippen LogP contribution is 2.23. The second-order valence-corrected chi connectivity index (χ2v) is 6.09. The van der Waals surface area contributed by atoms with E-state index in [1.165, 1.54) is 4.90 Å². The number of carboxylic acids is 1. The Hall–Kier alpha value is -2.57. The second-order valence-electron chi connectivity index (χ2n) is 6.09. The SMILES string of the molecule is CCN(CCC(=O)O)C(=O)C1CC(=O)N(Cc2ccc(OC)cc2)C1. The molecule has 1 aliphatic heterocycles. The van der Waals surface area contributed by atoms with Crippen molar-refractivity contribution in [3.05, 3.63) is 29.8 Å². The summed E-state index contributed by atoms with van der Waals surface area (Å²) in [5, 5.41) is 8.78. The van der Waals surface area contributed by atoms with Crippen molar-refractivity contribution in [2.24, 2.45) is 5.92 Å². The van der Waals surface area contributed by atoms with Crippen LogP contribution < -0.4 is 4.74 Å². The summed E-state index contributed by atoms with van der Waals surface area (Å²) in [6.07, 6.45) is 0.0916. The van der Waals surface area contributed by atoms with Crippen molar-refractivity contribution in [1.82, 2.24) is 9.80 Å². The fraction of sp³-hybridized carbons (Fsp3) is 0.500. The van der Waals surface area contributed by atoms with E-state index < -0.39 is 11.9 Å². The Labute approximate surface area is 147 Å². The van der Waals surface area contributed by atoms with E-state index in [9.17, 15) is 14.4 Å². The van der Waals surface area contributed by atoms with Gasteiger partial charge in [0.1, 0.15) is 5.75 Å². The molecule has 25 heavy (non-hydrogen) atoms. The van der Waals surface area contributed by atoms with E-state index in [1.807, 2.05) is 31.2 Å². The predicted molar refractivity (Wildman–Crippen MR) is 91.0 cm³/mol. The molecule has 7 heteroatoms. The molecule has 1 aromatic rings. The van der Waals surface area contributed by atoms with E-state index in [0.29, 0.717) is 19.6 Å². The van der Waals surface area contributed by atoms with Crippen LogP contribution in [0.25, 0.3) is 0 Å². The summed E-state index contributed by atoms with van der Waals surface area (Å²) in [6, 6.07) is 7.46. The quantitative estimate of drug-likeness (QED) is 0.767. The Balaban J connectivity index is 1.95. The van der Waals surface area contributed by atoms with Gasteiger partial charge < -0.3 is 19.6 Å². The number of benzene rings is 1. The molecule has 0 aliphatic carbocycles. The Morgan fingerprint density at radius 1 is 1.32 bits per heavy atom. The molecule has 1 aromatic carbocycles. The average molecular weight is 348 g/mol. The first-order valence-electron chi connectivity index (χ1n) is 8.35. The lowest BCUT2D eigenvalue weighted by molar-refractivity contribution is -0.139. The van der Waals surface area contributed by atoms with Crippen LogP contribution in [0.1, 0.15) is 25.3 Å². The molecule has 2 rings (SSSR count). The van der Waals surface area contributed by atoms with Gasteiger partial charge in [0.25, 0.3) is 0 Å². The Bertz CT molecular complexity index is 629. The lowest BCUT2D eigenvalue weighted by Crippen LogP contribution is -2.38. The number of hydrogen-bond acceptors (Lipinski definition) is 4. The monoisotopic (exact) mass is 348 g/mol. The predicted octanol–water partition coefficient (Wildman–Crippen LogP) is 1.37. The molecular weight excluding hydrogens is 324 g/mol. The van der Waals surface area contributed by atoms with Gasteiger partial charge in [-0.05, 0) is 24.6 Å². The number of carbonyl (C=O) groups excluding carboxylic acids is 2. The normalized spacial score (nSPS) is 16.8. The van der Waals surface area contributed by atoms with Gasteiger partial charge in [-0.3, -0.25) is 14.4 Å². The van der Waals surface area contributed by atoms with Gasteiger partial charge in [0, 0.05) is 32.6 Å². The number of aliphatic carboxylic acids is 1. The molecule has 0 saturated carbocycles. The van der Waals surface area contributed by atoms with Crippen LogP contribution in [-0.4, -0.2) is 59.4 Å². The summed E-state index contributed by atoms with van der Waals surface area (Å²) >= 11 is 0. The van der Waals surface area contributed by atoms with Gasteiger partial charge >= 0.3 is 5.97 Å². The number of ether oxygens (including phenoxy) is 1. The van der Waals surface area contributed by atoms with Crippen molar-refractivity contribution in [3.63, 3.8) is 0 Å². The number of carbonyl (C=O) groups is 3. The summed E-state index contributed by atoms with van der Waals surface area (Å²) in [6.45, 7) is 3.25. The Morgan fingerprint density at radius 2 is 2.00 bits per heavy atom. The topological polar surface area (TPSA) is 87.2 Å². The molecule has 1 heterocycles. The van der Waals surface area contributed by atoms with E-state index in [-0.39, 0.29) is 31.2 Å². The van der Waals surface area contributed by atoms with Crippen molar-refractivity contribution in [1.29, 1.82) is 0 Å². The van der Waals surface area contributed by atoms with E-state index in [2.05, 4.69) is 0 Å². The first-order valence-corrected chi connectivity index (χ1v) is 8.35. The first kappa shape index (κ1) is 18.8. The third-order valence-electron chi connectivity index (χ3n) is 4.39. The number of rotatable bonds is 8. The molecule has 1 unspecified atom stereocenters. The number of hydrogen-bond donors (Lipinski definition) is 1. The molecule has 1 aliphatic rings. The maximum absolute atomic E-state index is 12.6. The van der Waals surface area contributed by atoms with Gasteiger partial charge in [-0.25, -0.2) is 0 Å². The van der Waals surface area contributed by atoms with Gasteiger partial charge in [0.05, 0.1) is 19.4 Å². The molecule has 0 radical (unpaired) electrons. The maximum atomic E-state index is 12.6. The van der Waals surface area contributed by atoms with Crippen LogP contribution >= 0.6 is 0 Å². The number of methoxy groups -OCH3 is 1. The second kappa shape index (κ2) is 8.50. The molecule has 0 bridgehead atoms. The largest absolute Gasteiger partial charge is 0.497 e. The van der Waals surface area contributed by atoms with Crippen LogP contribution in [-0.2, 0) is 20.9 Å². The van der Waals surface area contributed by atoms with Crippen molar-refractivity contribution >= 4 is 17.8 Å². The number of nitrogens with zero attached hydrogens (tertiary/aromatic N) is 2. The van der Waals surface area contributed by atoms with E-state index in [4.69, 9.17) is 9.84 Å². The average Bonchev–Trinajstić information content (AvgIpc) is 2.96. The molecule has 1 N–H and O–H groups in total. The number of amides is 2. The van der Waals surface area contributed by atoms with E-state index in [0.717, 1.165) is 11.3 Å². The Morgan fingerprint density at radius 3 is 2.56 bits per heavy atom. The molecule has 0 aromatic heterocycles. The summed E-state index contributed by atoms with van der Waals surface area (Å²) in [5.41, 5.74) is 0.973. The van der Waals surface area contributed by atoms with Crippen LogP contribution in [0.2, 0.25) is 0 Å². The van der Waals surface area contributed by atoms with Crippen molar-refractivity contribution < 1.29 is 24.2 Å². The van der Waals surface area contributed by atoms with E-state index in [1.54, 1.807) is 12.0 Å².